The summed E-state index contributed by atoms with van der Waals surface area (Å²) in [5.74, 6) is 0. The molecular weight excluding hydrogens is 363 g/mol. The molecule has 1 heterocycles. The van der Waals surface area contributed by atoms with E-state index in [9.17, 15) is 0 Å². The zero-order chi connectivity index (χ0) is 15.1. The Morgan fingerprint density at radius 1 is 1.00 bits per heavy atom. The Balaban J connectivity index is 2.09. The molecule has 0 spiro atoms. The van der Waals surface area contributed by atoms with Crippen LogP contribution in [0.2, 0.25) is 14.8 Å². The number of piperazine rings is 1. The molecule has 1 aliphatic heterocycles. The first kappa shape index (κ1) is 15.6. The molecule has 114 valence electrons. The molecule has 2 aliphatic rings. The van der Waals surface area contributed by atoms with Crippen molar-refractivity contribution >= 4 is 24.5 Å². The van der Waals surface area contributed by atoms with Gasteiger partial charge in [0, 0.05) is 0 Å². The van der Waals surface area contributed by atoms with Crippen LogP contribution in [0.5, 0.6) is 0 Å². The van der Waals surface area contributed by atoms with Gasteiger partial charge in [0.25, 0.3) is 0 Å². The molecule has 1 fully saturated rings. The molecule has 1 saturated heterocycles. The summed E-state index contributed by atoms with van der Waals surface area (Å²) in [6.45, 7) is 4.84. The molecular formula is C18H28N2Sn. The summed E-state index contributed by atoms with van der Waals surface area (Å²) in [5.41, 5.74) is 3.06. The van der Waals surface area contributed by atoms with E-state index in [4.69, 9.17) is 0 Å². The van der Waals surface area contributed by atoms with Crippen LogP contribution in [-0.2, 0) is 3.55 Å². The number of fused-ring (bicyclic) bond motifs is 1. The van der Waals surface area contributed by atoms with E-state index in [-0.39, 0.29) is 0 Å². The predicted molar refractivity (Wildman–Crippen MR) is 94.2 cm³/mol. The van der Waals surface area contributed by atoms with Gasteiger partial charge < -0.3 is 0 Å². The minimum absolute atomic E-state index is 0.335. The van der Waals surface area contributed by atoms with Gasteiger partial charge in [0.2, 0.25) is 0 Å². The molecule has 0 radical (unpaired) electrons. The van der Waals surface area contributed by atoms with Crippen LogP contribution >= 0.6 is 0 Å². The Bertz CT molecular complexity index is 538. The van der Waals surface area contributed by atoms with Gasteiger partial charge in [-0.15, -0.1) is 0 Å². The summed E-state index contributed by atoms with van der Waals surface area (Å²) in [5, 5.41) is 0. The van der Waals surface area contributed by atoms with Gasteiger partial charge in [-0.1, -0.05) is 0 Å². The van der Waals surface area contributed by atoms with Crippen molar-refractivity contribution in [2.45, 2.75) is 24.8 Å². The van der Waals surface area contributed by atoms with E-state index >= 15 is 0 Å². The second kappa shape index (κ2) is 5.71. The summed E-state index contributed by atoms with van der Waals surface area (Å²) >= 11 is -2.24. The van der Waals surface area contributed by atoms with E-state index in [1.165, 1.54) is 38.2 Å². The van der Waals surface area contributed by atoms with Gasteiger partial charge in [-0.05, 0) is 0 Å². The fourth-order valence-corrected chi connectivity index (χ4v) is 12.5. The first-order valence-electron chi connectivity index (χ1n) is 8.15. The van der Waals surface area contributed by atoms with E-state index in [1.54, 1.807) is 5.56 Å². The molecule has 0 N–H and O–H groups in total. The molecule has 1 aromatic carbocycles. The van der Waals surface area contributed by atoms with Gasteiger partial charge in [0.15, 0.2) is 0 Å². The molecule has 1 aromatic rings. The number of hydrogen-bond donors (Lipinski definition) is 0. The Labute approximate surface area is 133 Å². The molecule has 3 heteroatoms. The average molecular weight is 391 g/mol. The zero-order valence-corrected chi connectivity index (χ0v) is 16.7. The zero-order valence-electron chi connectivity index (χ0n) is 13.9. The van der Waals surface area contributed by atoms with Gasteiger partial charge in [0.1, 0.15) is 0 Å². The van der Waals surface area contributed by atoms with Crippen LogP contribution in [0.4, 0.5) is 0 Å². The van der Waals surface area contributed by atoms with E-state index in [2.05, 4.69) is 68.1 Å². The molecule has 0 amide bonds. The van der Waals surface area contributed by atoms with Crippen molar-refractivity contribution in [2.75, 3.05) is 33.2 Å². The van der Waals surface area contributed by atoms with Crippen molar-refractivity contribution in [3.05, 3.63) is 41.5 Å². The van der Waals surface area contributed by atoms with Crippen LogP contribution in [0.15, 0.2) is 30.3 Å². The Kier molecular flexibility index (Phi) is 4.23. The second-order valence-electron chi connectivity index (χ2n) is 7.59. The van der Waals surface area contributed by atoms with E-state index in [0.717, 1.165) is 0 Å². The number of benzene rings is 1. The average Bonchev–Trinajstić information content (AvgIpc) is 2.46. The predicted octanol–water partition coefficient (Wildman–Crippen LogP) is 3.42. The maximum atomic E-state index is 2.84. The third-order valence-electron chi connectivity index (χ3n) is 5.40. The van der Waals surface area contributed by atoms with Gasteiger partial charge >= 0.3 is 134 Å². The molecule has 1 aliphatic carbocycles. The molecule has 0 aromatic heterocycles. The SMILES string of the molecule is CN1CCN([C]2([Sn]([CH3])([CH3])[CH3])CC=Cc3ccccc32)CC1. The van der Waals surface area contributed by atoms with Gasteiger partial charge in [-0.2, -0.15) is 0 Å². The van der Waals surface area contributed by atoms with Crippen LogP contribution in [0.1, 0.15) is 17.5 Å². The Morgan fingerprint density at radius 2 is 1.67 bits per heavy atom. The maximum absolute atomic E-state index is 2.84. The minimum atomic E-state index is -2.24. The Hall–Kier alpha value is -0.321. The van der Waals surface area contributed by atoms with Crippen molar-refractivity contribution in [1.29, 1.82) is 0 Å². The monoisotopic (exact) mass is 392 g/mol. The Morgan fingerprint density at radius 3 is 2.33 bits per heavy atom. The van der Waals surface area contributed by atoms with Gasteiger partial charge in [0.05, 0.1) is 0 Å². The number of likely N-dealkylation sites (N-methyl/N-ethyl adjacent to an activating group) is 1. The molecule has 1 atom stereocenters. The first-order chi connectivity index (χ1) is 9.95. The summed E-state index contributed by atoms with van der Waals surface area (Å²) in [4.78, 5) is 13.1. The topological polar surface area (TPSA) is 6.48 Å². The fraction of sp³-hybridized carbons (Fsp3) is 0.556. The number of nitrogens with zero attached hydrogens (tertiary/aromatic N) is 2. The molecule has 3 rings (SSSR count). The van der Waals surface area contributed by atoms with Crippen molar-refractivity contribution in [3.8, 4) is 0 Å². The molecule has 21 heavy (non-hydrogen) atoms. The van der Waals surface area contributed by atoms with E-state index in [0.29, 0.717) is 3.55 Å². The normalized spacial score (nSPS) is 27.6. The second-order valence-corrected chi connectivity index (χ2v) is 22.8. The standard InChI is InChI=1S/C15H19N2.3CH3.Sn/c1-16-9-11-17(12-10-16)15-8-4-6-13-5-2-3-7-14(13)15;;;;/h2-7H,8-12H2,1H3;3*1H3;. The van der Waals surface area contributed by atoms with Gasteiger partial charge in [-0.25, -0.2) is 0 Å². The van der Waals surface area contributed by atoms with E-state index in [1.807, 2.05) is 0 Å². The van der Waals surface area contributed by atoms with Crippen molar-refractivity contribution in [2.24, 2.45) is 0 Å². The molecule has 0 bridgehead atoms. The van der Waals surface area contributed by atoms with Crippen LogP contribution in [-0.4, -0.2) is 61.4 Å². The van der Waals surface area contributed by atoms with E-state index < -0.39 is 18.4 Å². The quantitative estimate of drug-likeness (QED) is 0.714. The van der Waals surface area contributed by atoms with Crippen molar-refractivity contribution in [1.82, 2.24) is 9.80 Å². The third-order valence-corrected chi connectivity index (χ3v) is 14.7. The summed E-state index contributed by atoms with van der Waals surface area (Å²) < 4.78 is 0.335. The summed E-state index contributed by atoms with van der Waals surface area (Å²) in [6.07, 6.45) is 5.98. The molecule has 2 nitrogen and oxygen atoms in total. The molecule has 1 unspecified atom stereocenters. The van der Waals surface area contributed by atoms with Crippen LogP contribution in [0, 0.1) is 0 Å². The summed E-state index contributed by atoms with van der Waals surface area (Å²) in [7, 11) is 2.25. The summed E-state index contributed by atoms with van der Waals surface area (Å²) in [6, 6.07) is 9.12. The van der Waals surface area contributed by atoms with Crippen molar-refractivity contribution in [3.63, 3.8) is 0 Å². The third kappa shape index (κ3) is 2.60. The van der Waals surface area contributed by atoms with Crippen LogP contribution in [0.3, 0.4) is 0 Å². The first-order valence-corrected chi connectivity index (χ1v) is 18.1. The van der Waals surface area contributed by atoms with Crippen LogP contribution in [0.25, 0.3) is 6.08 Å². The van der Waals surface area contributed by atoms with Crippen molar-refractivity contribution < 1.29 is 0 Å². The number of rotatable bonds is 2. The van der Waals surface area contributed by atoms with Gasteiger partial charge in [-0.3, -0.25) is 0 Å². The number of hydrogen-bond acceptors (Lipinski definition) is 2. The fourth-order valence-electron chi connectivity index (χ4n) is 4.16. The van der Waals surface area contributed by atoms with Crippen LogP contribution < -0.4 is 0 Å². The molecule has 0 saturated carbocycles.